The Labute approximate surface area is 76.9 Å². The van der Waals surface area contributed by atoms with Crippen LogP contribution in [0, 0.1) is 0 Å². The van der Waals surface area contributed by atoms with Crippen LogP contribution in [-0.2, 0) is 11.3 Å². The first-order chi connectivity index (χ1) is 6.33. The van der Waals surface area contributed by atoms with Gasteiger partial charge in [-0.1, -0.05) is 0 Å². The Morgan fingerprint density at radius 2 is 2.46 bits per heavy atom. The van der Waals surface area contributed by atoms with Crippen LogP contribution >= 0.6 is 0 Å². The van der Waals surface area contributed by atoms with Crippen LogP contribution < -0.4 is 11.1 Å². The molecule has 1 aromatic heterocycles. The fraction of sp³-hybridized carbons (Fsp3) is 0.500. The van der Waals surface area contributed by atoms with Crippen molar-refractivity contribution >= 4 is 5.91 Å². The minimum Gasteiger partial charge on any atom is -0.355 e. The van der Waals surface area contributed by atoms with Crippen LogP contribution in [0.15, 0.2) is 18.5 Å². The van der Waals surface area contributed by atoms with Crippen LogP contribution in [0.2, 0.25) is 0 Å². The van der Waals surface area contributed by atoms with E-state index < -0.39 is 0 Å². The van der Waals surface area contributed by atoms with E-state index in [2.05, 4.69) is 10.4 Å². The highest BCUT2D eigenvalue weighted by atomic mass is 16.1. The second kappa shape index (κ2) is 5.31. The summed E-state index contributed by atoms with van der Waals surface area (Å²) in [6.45, 7) is 1.52. The number of carbonyl (C=O) groups excluding carboxylic acids is 1. The molecule has 0 saturated heterocycles. The van der Waals surface area contributed by atoms with Gasteiger partial charge in [-0.05, 0) is 12.5 Å². The molecule has 1 amide bonds. The molecule has 0 bridgehead atoms. The number of nitrogens with one attached hydrogen (secondary N) is 1. The number of aromatic nitrogens is 2. The van der Waals surface area contributed by atoms with E-state index in [4.69, 9.17) is 5.73 Å². The molecule has 0 aliphatic carbocycles. The Hall–Kier alpha value is -1.36. The second-order valence-electron chi connectivity index (χ2n) is 2.68. The predicted octanol–water partition coefficient (Wildman–Crippen LogP) is -0.652. The molecule has 0 spiro atoms. The molecule has 0 aliphatic rings. The number of hydrogen-bond acceptors (Lipinski definition) is 3. The first-order valence-electron chi connectivity index (χ1n) is 4.27. The molecule has 1 aromatic rings. The van der Waals surface area contributed by atoms with Crippen LogP contribution in [0.4, 0.5) is 0 Å². The molecule has 1 rings (SSSR count). The minimum absolute atomic E-state index is 0.0573. The number of hydrogen-bond donors (Lipinski definition) is 2. The molecule has 0 atom stereocenters. The van der Waals surface area contributed by atoms with Crippen molar-refractivity contribution in [3.63, 3.8) is 0 Å². The van der Waals surface area contributed by atoms with Gasteiger partial charge in [-0.2, -0.15) is 5.10 Å². The van der Waals surface area contributed by atoms with Gasteiger partial charge < -0.3 is 11.1 Å². The molecule has 5 nitrogen and oxygen atoms in total. The molecule has 0 saturated carbocycles. The molecule has 72 valence electrons. The Bertz CT molecular complexity index is 245. The quantitative estimate of drug-likeness (QED) is 0.594. The highest BCUT2D eigenvalue weighted by molar-refractivity contribution is 5.77. The SMILES string of the molecule is NCC(=O)NCCCn1cccn1. The van der Waals surface area contributed by atoms with E-state index in [1.54, 1.807) is 6.20 Å². The van der Waals surface area contributed by atoms with Gasteiger partial charge in [-0.25, -0.2) is 0 Å². The standard InChI is InChI=1S/C8H14N4O/c9-7-8(13)10-3-1-5-12-6-2-4-11-12/h2,4,6H,1,3,5,7,9H2,(H,10,13). The highest BCUT2D eigenvalue weighted by Gasteiger charge is 1.95. The molecule has 13 heavy (non-hydrogen) atoms. The number of aryl methyl sites for hydroxylation is 1. The third-order valence-corrected chi connectivity index (χ3v) is 1.63. The Kier molecular flexibility index (Phi) is 3.98. The third-order valence-electron chi connectivity index (χ3n) is 1.63. The first-order valence-corrected chi connectivity index (χ1v) is 4.27. The van der Waals surface area contributed by atoms with E-state index in [1.165, 1.54) is 0 Å². The second-order valence-corrected chi connectivity index (χ2v) is 2.68. The summed E-state index contributed by atoms with van der Waals surface area (Å²) in [5.74, 6) is -0.111. The zero-order valence-electron chi connectivity index (χ0n) is 7.44. The lowest BCUT2D eigenvalue weighted by Gasteiger charge is -2.03. The van der Waals surface area contributed by atoms with Gasteiger partial charge in [0, 0.05) is 25.5 Å². The molecule has 0 radical (unpaired) electrons. The maximum absolute atomic E-state index is 10.7. The average Bonchev–Trinajstić information content (AvgIpc) is 2.64. The monoisotopic (exact) mass is 182 g/mol. The number of carbonyl (C=O) groups is 1. The van der Waals surface area contributed by atoms with Crippen molar-refractivity contribution in [1.82, 2.24) is 15.1 Å². The lowest BCUT2D eigenvalue weighted by Crippen LogP contribution is -2.31. The summed E-state index contributed by atoms with van der Waals surface area (Å²) in [4.78, 5) is 10.7. The van der Waals surface area contributed by atoms with Crippen molar-refractivity contribution in [2.75, 3.05) is 13.1 Å². The van der Waals surface area contributed by atoms with Crippen LogP contribution in [0.5, 0.6) is 0 Å². The van der Waals surface area contributed by atoms with E-state index >= 15 is 0 Å². The lowest BCUT2D eigenvalue weighted by atomic mass is 10.4. The molecular weight excluding hydrogens is 168 g/mol. The maximum Gasteiger partial charge on any atom is 0.233 e. The van der Waals surface area contributed by atoms with Crippen molar-refractivity contribution in [2.24, 2.45) is 5.73 Å². The number of nitrogens with zero attached hydrogens (tertiary/aromatic N) is 2. The van der Waals surface area contributed by atoms with Crippen LogP contribution in [0.1, 0.15) is 6.42 Å². The minimum atomic E-state index is -0.111. The fourth-order valence-corrected chi connectivity index (χ4v) is 0.974. The smallest absolute Gasteiger partial charge is 0.233 e. The van der Waals surface area contributed by atoms with E-state index in [0.717, 1.165) is 13.0 Å². The van der Waals surface area contributed by atoms with Gasteiger partial charge >= 0.3 is 0 Å². The molecular formula is C8H14N4O. The lowest BCUT2D eigenvalue weighted by molar-refractivity contribution is -0.119. The van der Waals surface area contributed by atoms with Gasteiger partial charge in [-0.3, -0.25) is 9.48 Å². The van der Waals surface area contributed by atoms with Gasteiger partial charge in [0.2, 0.25) is 5.91 Å². The topological polar surface area (TPSA) is 72.9 Å². The zero-order valence-corrected chi connectivity index (χ0v) is 7.44. The zero-order chi connectivity index (χ0) is 9.52. The summed E-state index contributed by atoms with van der Waals surface area (Å²) in [5.41, 5.74) is 5.12. The summed E-state index contributed by atoms with van der Waals surface area (Å²) in [6, 6.07) is 1.87. The van der Waals surface area contributed by atoms with Crippen molar-refractivity contribution in [3.8, 4) is 0 Å². The van der Waals surface area contributed by atoms with Crippen molar-refractivity contribution in [3.05, 3.63) is 18.5 Å². The van der Waals surface area contributed by atoms with Crippen LogP contribution in [-0.4, -0.2) is 28.8 Å². The van der Waals surface area contributed by atoms with Crippen molar-refractivity contribution in [1.29, 1.82) is 0 Å². The van der Waals surface area contributed by atoms with Gasteiger partial charge in [0.25, 0.3) is 0 Å². The summed E-state index contributed by atoms with van der Waals surface area (Å²) in [6.07, 6.45) is 4.50. The summed E-state index contributed by atoms with van der Waals surface area (Å²) in [7, 11) is 0. The molecule has 0 aliphatic heterocycles. The van der Waals surface area contributed by atoms with Crippen molar-refractivity contribution < 1.29 is 4.79 Å². The Morgan fingerprint density at radius 1 is 1.62 bits per heavy atom. The van der Waals surface area contributed by atoms with Crippen LogP contribution in [0.3, 0.4) is 0 Å². The largest absolute Gasteiger partial charge is 0.355 e. The first kappa shape index (κ1) is 9.73. The normalized spacial score (nSPS) is 9.92. The fourth-order valence-electron chi connectivity index (χ4n) is 0.974. The van der Waals surface area contributed by atoms with Gasteiger partial charge in [0.1, 0.15) is 0 Å². The summed E-state index contributed by atoms with van der Waals surface area (Å²) in [5, 5.41) is 6.72. The van der Waals surface area contributed by atoms with Gasteiger partial charge in [-0.15, -0.1) is 0 Å². The van der Waals surface area contributed by atoms with Crippen LogP contribution in [0.25, 0.3) is 0 Å². The number of nitrogens with two attached hydrogens (primary N) is 1. The molecule has 0 unspecified atom stereocenters. The molecule has 0 fully saturated rings. The van der Waals surface area contributed by atoms with Crippen molar-refractivity contribution in [2.45, 2.75) is 13.0 Å². The van der Waals surface area contributed by atoms with E-state index in [1.807, 2.05) is 16.9 Å². The van der Waals surface area contributed by atoms with E-state index in [9.17, 15) is 4.79 Å². The maximum atomic E-state index is 10.7. The van der Waals surface area contributed by atoms with Gasteiger partial charge in [0.05, 0.1) is 6.54 Å². The predicted molar refractivity (Wildman–Crippen MR) is 48.9 cm³/mol. The number of rotatable bonds is 5. The number of amides is 1. The summed E-state index contributed by atoms with van der Waals surface area (Å²) >= 11 is 0. The van der Waals surface area contributed by atoms with E-state index in [-0.39, 0.29) is 12.5 Å². The Balaban J connectivity index is 2.05. The highest BCUT2D eigenvalue weighted by Crippen LogP contribution is 1.87. The molecule has 1 heterocycles. The molecule has 0 aromatic carbocycles. The molecule has 5 heteroatoms. The van der Waals surface area contributed by atoms with Gasteiger partial charge in [0.15, 0.2) is 0 Å². The average molecular weight is 182 g/mol. The summed E-state index contributed by atoms with van der Waals surface area (Å²) < 4.78 is 1.83. The Morgan fingerprint density at radius 3 is 3.08 bits per heavy atom. The molecule has 3 N–H and O–H groups in total. The van der Waals surface area contributed by atoms with E-state index in [0.29, 0.717) is 6.54 Å². The third kappa shape index (κ3) is 3.71.